The smallest absolute Gasteiger partial charge is 0.262 e. The average molecular weight is 549 g/mol. The highest BCUT2D eigenvalue weighted by atomic mass is 16.6. The molecule has 2 fully saturated rings. The van der Waals surface area contributed by atoms with Crippen molar-refractivity contribution in [2.75, 3.05) is 37.8 Å². The van der Waals surface area contributed by atoms with E-state index in [1.807, 2.05) is 29.8 Å². The Balaban J connectivity index is 1.34. The van der Waals surface area contributed by atoms with E-state index in [0.717, 1.165) is 48.3 Å². The fourth-order valence-electron chi connectivity index (χ4n) is 5.15. The van der Waals surface area contributed by atoms with E-state index in [1.165, 1.54) is 11.8 Å². The molecule has 0 saturated carbocycles. The summed E-state index contributed by atoms with van der Waals surface area (Å²) in [5.74, 6) is -0.853. The van der Waals surface area contributed by atoms with Gasteiger partial charge in [0, 0.05) is 37.2 Å². The molecule has 3 heterocycles. The second-order valence-electron chi connectivity index (χ2n) is 9.95. The summed E-state index contributed by atoms with van der Waals surface area (Å²) in [5.41, 5.74) is 3.34. The lowest BCUT2D eigenvalue weighted by Crippen LogP contribution is -2.64. The number of aliphatic hydroxyl groups excluding tert-OH is 4. The number of fused-ring (bicyclic) bond motifs is 1. The summed E-state index contributed by atoms with van der Waals surface area (Å²) >= 11 is 0. The SMILES string of the molecule is Cn1c(/C=C(\C#N)C(=O)N[C@H]2C(O)O[C@H](CO)[C@@H](O)[C@@H]2O)ccc1-c1ccc2cc(N3CCOCC3)ccc2c1. The minimum Gasteiger partial charge on any atom is -0.394 e. The Labute approximate surface area is 231 Å². The first-order chi connectivity index (χ1) is 19.3. The van der Waals surface area contributed by atoms with Crippen LogP contribution < -0.4 is 10.2 Å². The summed E-state index contributed by atoms with van der Waals surface area (Å²) in [6.07, 6.45) is -4.61. The Morgan fingerprint density at radius 2 is 1.80 bits per heavy atom. The van der Waals surface area contributed by atoms with Crippen LogP contribution in [0.5, 0.6) is 0 Å². The van der Waals surface area contributed by atoms with Gasteiger partial charge < -0.3 is 44.7 Å². The second-order valence-corrected chi connectivity index (χ2v) is 9.95. The molecule has 2 aromatic carbocycles. The highest BCUT2D eigenvalue weighted by molar-refractivity contribution is 6.02. The number of nitriles is 1. The van der Waals surface area contributed by atoms with E-state index < -0.39 is 43.2 Å². The molecule has 0 bridgehead atoms. The molecule has 2 aliphatic heterocycles. The Morgan fingerprint density at radius 1 is 1.07 bits per heavy atom. The number of hydrogen-bond acceptors (Lipinski definition) is 9. The average Bonchev–Trinajstić information content (AvgIpc) is 3.35. The molecule has 1 unspecified atom stereocenters. The quantitative estimate of drug-likeness (QED) is 0.218. The standard InChI is InChI=1S/C29H32N4O7/c1-32-21(14-20(15-30)28(37)31-25-27(36)26(35)24(16-34)40-29(25)38)6-7-23(32)19-3-2-18-13-22(5-4-17(18)12-19)33-8-10-39-11-9-33/h2-7,12-14,24-27,29,34-36,38H,8-11,16H2,1H3,(H,31,37)/b20-14+/t24-,25-,26-,27-,29?/m1/s1. The van der Waals surface area contributed by atoms with E-state index >= 15 is 0 Å². The lowest BCUT2D eigenvalue weighted by atomic mass is 9.97. The maximum atomic E-state index is 12.8. The van der Waals surface area contributed by atoms with Gasteiger partial charge in [0.2, 0.25) is 0 Å². The molecule has 0 spiro atoms. The largest absolute Gasteiger partial charge is 0.394 e. The van der Waals surface area contributed by atoms with Crippen LogP contribution in [-0.4, -0.2) is 94.5 Å². The number of carbonyl (C=O) groups excluding carboxylic acids is 1. The minimum atomic E-state index is -1.68. The summed E-state index contributed by atoms with van der Waals surface area (Å²) in [6.45, 7) is 2.57. The fourth-order valence-corrected chi connectivity index (χ4v) is 5.15. The number of anilines is 1. The van der Waals surface area contributed by atoms with Crippen molar-refractivity contribution in [1.82, 2.24) is 9.88 Å². The normalized spacial score (nSPS) is 25.6. The number of aliphatic hydroxyl groups is 4. The van der Waals surface area contributed by atoms with Gasteiger partial charge in [0.1, 0.15) is 36.0 Å². The lowest BCUT2D eigenvalue weighted by Gasteiger charge is -2.40. The zero-order chi connectivity index (χ0) is 28.4. The van der Waals surface area contributed by atoms with Crippen LogP contribution in [0.1, 0.15) is 5.69 Å². The highest BCUT2D eigenvalue weighted by Gasteiger charge is 2.44. The predicted octanol–water partition coefficient (Wildman–Crippen LogP) is 0.505. The fraction of sp³-hybridized carbons (Fsp3) is 0.379. The van der Waals surface area contributed by atoms with E-state index in [-0.39, 0.29) is 5.57 Å². The zero-order valence-corrected chi connectivity index (χ0v) is 22.0. The van der Waals surface area contributed by atoms with Crippen molar-refractivity contribution in [2.45, 2.75) is 30.6 Å². The summed E-state index contributed by atoms with van der Waals surface area (Å²) in [4.78, 5) is 15.2. The van der Waals surface area contributed by atoms with Gasteiger partial charge in [0.15, 0.2) is 6.29 Å². The van der Waals surface area contributed by atoms with Crippen molar-refractivity contribution in [1.29, 1.82) is 5.26 Å². The van der Waals surface area contributed by atoms with Gasteiger partial charge in [0.25, 0.3) is 5.91 Å². The van der Waals surface area contributed by atoms with Gasteiger partial charge in [-0.15, -0.1) is 0 Å². The molecular weight excluding hydrogens is 516 g/mol. The maximum Gasteiger partial charge on any atom is 0.262 e. The van der Waals surface area contributed by atoms with Gasteiger partial charge in [-0.3, -0.25) is 4.79 Å². The summed E-state index contributed by atoms with van der Waals surface area (Å²) in [6, 6.07) is 16.7. The van der Waals surface area contributed by atoms with Gasteiger partial charge in [-0.1, -0.05) is 18.2 Å². The number of benzene rings is 2. The maximum absolute atomic E-state index is 12.8. The van der Waals surface area contributed by atoms with Crippen molar-refractivity contribution < 1.29 is 34.7 Å². The Kier molecular flexibility index (Phi) is 8.18. The third kappa shape index (κ3) is 5.46. The third-order valence-corrected chi connectivity index (χ3v) is 7.51. The Bertz CT molecular complexity index is 1460. The molecule has 0 radical (unpaired) electrons. The summed E-state index contributed by atoms with van der Waals surface area (Å²) < 4.78 is 12.4. The predicted molar refractivity (Wildman–Crippen MR) is 147 cm³/mol. The van der Waals surface area contributed by atoms with Gasteiger partial charge in [0.05, 0.1) is 19.8 Å². The Morgan fingerprint density at radius 3 is 2.52 bits per heavy atom. The van der Waals surface area contributed by atoms with Crippen LogP contribution in [0, 0.1) is 11.3 Å². The first kappa shape index (κ1) is 27.8. The molecule has 3 aromatic rings. The highest BCUT2D eigenvalue weighted by Crippen LogP contribution is 2.29. The van der Waals surface area contributed by atoms with Gasteiger partial charge >= 0.3 is 0 Å². The van der Waals surface area contributed by atoms with Crippen LogP contribution in [0.4, 0.5) is 5.69 Å². The molecule has 2 aliphatic rings. The first-order valence-corrected chi connectivity index (χ1v) is 13.1. The number of ether oxygens (including phenoxy) is 2. The number of rotatable bonds is 6. The van der Waals surface area contributed by atoms with Crippen molar-refractivity contribution in [2.24, 2.45) is 7.05 Å². The molecule has 11 nitrogen and oxygen atoms in total. The number of nitrogens with one attached hydrogen (secondary N) is 1. The molecule has 0 aliphatic carbocycles. The zero-order valence-electron chi connectivity index (χ0n) is 22.0. The van der Waals surface area contributed by atoms with Crippen molar-refractivity contribution >= 4 is 28.4 Å². The minimum absolute atomic E-state index is 0.264. The van der Waals surface area contributed by atoms with Crippen LogP contribution in [0.2, 0.25) is 0 Å². The number of aromatic nitrogens is 1. The lowest BCUT2D eigenvalue weighted by molar-refractivity contribution is -0.253. The molecule has 40 heavy (non-hydrogen) atoms. The van der Waals surface area contributed by atoms with Gasteiger partial charge in [-0.25, -0.2) is 0 Å². The molecule has 5 rings (SSSR count). The molecule has 2 saturated heterocycles. The van der Waals surface area contributed by atoms with E-state index in [9.17, 15) is 30.5 Å². The van der Waals surface area contributed by atoms with E-state index in [4.69, 9.17) is 9.47 Å². The van der Waals surface area contributed by atoms with Crippen LogP contribution >= 0.6 is 0 Å². The second kappa shape index (κ2) is 11.8. The van der Waals surface area contributed by atoms with Crippen molar-refractivity contribution in [3.8, 4) is 17.3 Å². The summed E-state index contributed by atoms with van der Waals surface area (Å²) in [5, 5.41) is 54.0. The van der Waals surface area contributed by atoms with Crippen molar-refractivity contribution in [3.05, 3.63) is 59.8 Å². The number of nitrogens with zero attached hydrogens (tertiary/aromatic N) is 3. The molecule has 1 aromatic heterocycles. The molecule has 5 N–H and O–H groups in total. The summed E-state index contributed by atoms with van der Waals surface area (Å²) in [7, 11) is 1.83. The molecule has 210 valence electrons. The van der Waals surface area contributed by atoms with Crippen LogP contribution in [0.25, 0.3) is 28.1 Å². The van der Waals surface area contributed by atoms with Crippen LogP contribution in [-0.2, 0) is 21.3 Å². The van der Waals surface area contributed by atoms with Crippen LogP contribution in [0.3, 0.4) is 0 Å². The van der Waals surface area contributed by atoms with E-state index in [0.29, 0.717) is 5.69 Å². The number of amides is 1. The van der Waals surface area contributed by atoms with E-state index in [1.54, 1.807) is 6.07 Å². The number of hydrogen-bond donors (Lipinski definition) is 5. The molecule has 5 atom stereocenters. The van der Waals surface area contributed by atoms with Gasteiger partial charge in [-0.2, -0.15) is 5.26 Å². The third-order valence-electron chi connectivity index (χ3n) is 7.51. The number of carbonyl (C=O) groups is 1. The van der Waals surface area contributed by atoms with Crippen LogP contribution in [0.15, 0.2) is 54.1 Å². The van der Waals surface area contributed by atoms with E-state index in [2.05, 4.69) is 40.5 Å². The monoisotopic (exact) mass is 548 g/mol. The molecular formula is C29H32N4O7. The Hall–Kier alpha value is -3.76. The molecule has 11 heteroatoms. The number of morpholine rings is 1. The topological polar surface area (TPSA) is 160 Å². The molecule has 1 amide bonds. The first-order valence-electron chi connectivity index (χ1n) is 13.1. The van der Waals surface area contributed by atoms with Crippen molar-refractivity contribution in [3.63, 3.8) is 0 Å². The van der Waals surface area contributed by atoms with Gasteiger partial charge in [-0.05, 0) is 52.7 Å².